The number of methoxy groups -OCH3 is 1. The minimum absolute atomic E-state index is 0.0127. The molecule has 0 aromatic carbocycles. The minimum Gasteiger partial charge on any atom is -0.481 e. The molecule has 3 amide bonds. The van der Waals surface area contributed by atoms with E-state index in [2.05, 4.69) is 56.3 Å². The summed E-state index contributed by atoms with van der Waals surface area (Å²) in [6, 6.07) is 0. The summed E-state index contributed by atoms with van der Waals surface area (Å²) in [6.45, 7) is 45.9. The third-order valence-corrected chi connectivity index (χ3v) is 36.0. The van der Waals surface area contributed by atoms with Gasteiger partial charge < -0.3 is 40.3 Å². The van der Waals surface area contributed by atoms with Gasteiger partial charge >= 0.3 is 48.2 Å². The summed E-state index contributed by atoms with van der Waals surface area (Å²) < 4.78 is 134. The summed E-state index contributed by atoms with van der Waals surface area (Å²) in [5.41, 5.74) is -8.08. The number of nitrogens with one attached hydrogen (secondary N) is 3. The quantitative estimate of drug-likeness (QED) is 0.0369. The number of hydrogen-bond donors (Lipinski definition) is 8. The maximum absolute atomic E-state index is 12.7. The molecule has 14 fully saturated rings. The van der Waals surface area contributed by atoms with Gasteiger partial charge in [-0.1, -0.05) is 124 Å². The van der Waals surface area contributed by atoms with E-state index < -0.39 is 107 Å². The highest BCUT2D eigenvalue weighted by Gasteiger charge is 2.72. The first-order valence-electron chi connectivity index (χ1n) is 47.1. The number of carboxylic acids is 4. The smallest absolute Gasteiger partial charge is 0.426 e. The molecule has 0 spiro atoms. The number of sulfonamides is 2. The number of rotatable bonds is 22. The van der Waals surface area contributed by atoms with Crippen molar-refractivity contribution < 1.29 is 126 Å². The Morgan fingerprint density at radius 1 is 0.484 bits per heavy atom. The zero-order valence-electron chi connectivity index (χ0n) is 81.6. The molecule has 0 saturated heterocycles. The van der Waals surface area contributed by atoms with E-state index in [1.165, 1.54) is 39.2 Å². The average molecular weight is 1870 g/mol. The van der Waals surface area contributed by atoms with Gasteiger partial charge in [-0.15, -0.1) is 0 Å². The van der Waals surface area contributed by atoms with Crippen LogP contribution in [-0.4, -0.2) is 151 Å². The Balaban J connectivity index is 0.000000260. The van der Waals surface area contributed by atoms with Gasteiger partial charge in [-0.05, 0) is 301 Å². The fourth-order valence-electron chi connectivity index (χ4n) is 23.6. The first kappa shape index (κ1) is 113. The Bertz CT molecular complexity index is 4090. The van der Waals surface area contributed by atoms with E-state index in [0.29, 0.717) is 115 Å². The van der Waals surface area contributed by atoms with Gasteiger partial charge in [0, 0.05) is 41.5 Å². The molecule has 740 valence electrons. The molecule has 14 aliphatic rings. The van der Waals surface area contributed by atoms with Crippen LogP contribution in [0.25, 0.3) is 0 Å². The van der Waals surface area contributed by atoms with Crippen molar-refractivity contribution in [1.29, 1.82) is 0 Å². The van der Waals surface area contributed by atoms with E-state index >= 15 is 0 Å². The fourth-order valence-corrected chi connectivity index (χ4v) is 24.7. The number of carbonyl (C=O) groups is 10. The molecule has 14 aliphatic carbocycles. The molecule has 0 aromatic heterocycles. The number of amides is 3. The van der Waals surface area contributed by atoms with E-state index in [1.54, 1.807) is 27.7 Å². The van der Waals surface area contributed by atoms with Crippen molar-refractivity contribution in [1.82, 2.24) is 14.8 Å². The Morgan fingerprint density at radius 3 is 1.24 bits per heavy atom. The van der Waals surface area contributed by atoms with Gasteiger partial charge in [0.05, 0.1) is 53.1 Å². The zero-order valence-corrected chi connectivity index (χ0v) is 83.2. The van der Waals surface area contributed by atoms with Crippen molar-refractivity contribution >= 4 is 79.4 Å². The van der Waals surface area contributed by atoms with Crippen molar-refractivity contribution in [2.75, 3.05) is 26.2 Å². The highest BCUT2D eigenvalue weighted by Crippen LogP contribution is 2.67. The first-order chi connectivity index (χ1) is 58.2. The number of hydrogen-bond acceptors (Lipinski definition) is 17. The molecule has 14 rings (SSSR count). The number of ether oxygens (including phenoxy) is 2. The third kappa shape index (κ3) is 26.5. The predicted octanol–water partition coefficient (Wildman–Crippen LogP) is 19.0. The molecular formula is C96H161F6N3O21S2. The fraction of sp³-hybridized carbons (Fsp3) is 0.896. The van der Waals surface area contributed by atoms with Crippen LogP contribution in [0.15, 0.2) is 0 Å². The molecule has 0 heterocycles. The summed E-state index contributed by atoms with van der Waals surface area (Å²) in [7, 11) is -5.41. The van der Waals surface area contributed by atoms with Crippen molar-refractivity contribution in [2.45, 2.75) is 350 Å². The lowest BCUT2D eigenvalue weighted by Crippen LogP contribution is -2.60. The molecule has 14 saturated carbocycles. The molecule has 22 atom stereocenters. The number of carboxylic acid groups (broad SMARTS) is 4. The van der Waals surface area contributed by atoms with Crippen molar-refractivity contribution in [3.63, 3.8) is 0 Å². The van der Waals surface area contributed by atoms with Gasteiger partial charge in [0.25, 0.3) is 5.60 Å². The van der Waals surface area contributed by atoms with Crippen LogP contribution in [0.5, 0.6) is 0 Å². The topological polar surface area (TPSA) is 395 Å². The van der Waals surface area contributed by atoms with Crippen LogP contribution in [0.1, 0.15) is 326 Å². The maximum atomic E-state index is 12.7. The minimum atomic E-state index is -5.69. The van der Waals surface area contributed by atoms with Gasteiger partial charge in [0.15, 0.2) is 0 Å². The summed E-state index contributed by atoms with van der Waals surface area (Å²) >= 11 is 0. The van der Waals surface area contributed by atoms with Gasteiger partial charge in [-0.25, -0.2) is 16.8 Å². The summed E-state index contributed by atoms with van der Waals surface area (Å²) in [5.74, 6) is 4.05. The number of carbonyl (C=O) groups excluding carboxylic acids is 6. The highest BCUT2D eigenvalue weighted by molar-refractivity contribution is 7.89. The van der Waals surface area contributed by atoms with E-state index in [-0.39, 0.29) is 80.9 Å². The SMILES string of the molecule is CC1C2CC(C(=O)NS(C)(=O)=O)C(C2)C1C.CC1C2CC(C(=O)O)C(C2)C1C.CC1C2CC(CC(O)(C(F)(F)F)C(F)(F)F)C(C2)C1C.CCC(C)(C)C(=O)NCCC12CCC(CC1=O)C2(C)C.CCC(C)(C)C(=O)NS(C)(=O)=O.CCC(C)(C)C(=O)O.CCC(C)(C)C(=O)OC.CCC(C)(C)C(=O)OC12CC3CC(C1)CC(C(=O)O)(C3)C2.O=C(O)C1CC2CCC1C2. The lowest BCUT2D eigenvalue weighted by Gasteiger charge is -2.59. The van der Waals surface area contributed by atoms with Crippen LogP contribution < -0.4 is 14.8 Å². The lowest BCUT2D eigenvalue weighted by atomic mass is 9.48. The molecule has 32 heteroatoms. The van der Waals surface area contributed by atoms with Gasteiger partial charge in [0.2, 0.25) is 37.8 Å². The van der Waals surface area contributed by atoms with E-state index in [4.69, 9.17) is 20.1 Å². The van der Waals surface area contributed by atoms with Crippen LogP contribution in [0, 0.1) is 168 Å². The monoisotopic (exact) mass is 1870 g/mol. The van der Waals surface area contributed by atoms with Crippen LogP contribution in [0.2, 0.25) is 0 Å². The normalized spacial score (nSPS) is 33.9. The average Bonchev–Trinajstić information content (AvgIpc) is 1.13. The van der Waals surface area contributed by atoms with Crippen LogP contribution in [0.4, 0.5) is 26.3 Å². The molecule has 128 heavy (non-hydrogen) atoms. The highest BCUT2D eigenvalue weighted by atomic mass is 32.2. The second-order valence-corrected chi connectivity index (χ2v) is 48.5. The number of fused-ring (bicyclic) bond motifs is 10. The standard InChI is InChI=1S/C17H29NO2.C17H26O4.C13H18F6O.C11H19NO3S.C10H16O2.C8H12O2.C7H15NO3S.C7H14O2.C6H12O2/c1-6-15(2,3)14(20)18-10-9-17-8-7-12(11-13(17)19)16(17,4)5;1-4-15(2,3)14(20)21-17-8-11-5-12(9-17)7-16(6-11,10-17)13(18)19;1-6-7(2)10-4-8(6)3-9(10)5-11(20,12(14,15)16)13(17,18)19;1-6-7(2)9-4-8(6)5-10(9)11(13)12-16(3,14)15;1-5-6(2)8-3-7(5)4-9(8)10(11)12;9-8(10)7-4-5-1-2-6(7)3-5;1-5-7(2,3)6(9)8-12(4,10)11;1-5-7(2,3)6(8)9-4;1-4-6(2,3)5(7)8/h12H,6-11H2,1-5H3,(H,18,20);11-12H,4-10H2,1-3H3,(H,18,19);6-10,20H,3-5H2,1-2H3;6-10H,4-5H2,1-3H3,(H,12,13);5-9H,3-4H2,1-2H3,(H,11,12);5-7H,1-4H2,(H,9,10);5H2,1-4H3,(H,8,9);5H2,1-4H3;4H2,1-3H3,(H,7,8). The third-order valence-electron chi connectivity index (χ3n) is 34.9. The largest absolute Gasteiger partial charge is 0.481 e. The number of aliphatic hydroxyl groups is 1. The second-order valence-electron chi connectivity index (χ2n) is 45.0. The van der Waals surface area contributed by atoms with E-state index in [0.717, 1.165) is 121 Å². The van der Waals surface area contributed by atoms with Crippen molar-refractivity contribution in [3.8, 4) is 0 Å². The first-order valence-corrected chi connectivity index (χ1v) is 50.9. The molecule has 22 unspecified atom stereocenters. The number of aliphatic carboxylic acids is 4. The molecule has 0 aliphatic heterocycles. The van der Waals surface area contributed by atoms with Crippen molar-refractivity contribution in [2.24, 2.45) is 168 Å². The molecule has 8 N–H and O–H groups in total. The number of ketones is 1. The number of halogens is 6. The van der Waals surface area contributed by atoms with E-state index in [1.807, 2.05) is 94.7 Å². The number of alkyl halides is 6. The lowest BCUT2D eigenvalue weighted by molar-refractivity contribution is -0.373. The molecule has 0 radical (unpaired) electrons. The Morgan fingerprint density at radius 2 is 0.914 bits per heavy atom. The summed E-state index contributed by atoms with van der Waals surface area (Å²) in [5, 5.41) is 48.1. The molecule has 0 aromatic rings. The van der Waals surface area contributed by atoms with Crippen molar-refractivity contribution in [3.05, 3.63) is 0 Å². The molecule has 24 nitrogen and oxygen atoms in total. The maximum Gasteiger partial charge on any atom is 0.426 e. The molecular weight excluding hydrogens is 1710 g/mol. The van der Waals surface area contributed by atoms with Gasteiger partial charge in [-0.2, -0.15) is 26.3 Å². The van der Waals surface area contributed by atoms with Crippen LogP contribution >= 0.6 is 0 Å². The zero-order chi connectivity index (χ0) is 98.5. The number of esters is 2. The second kappa shape index (κ2) is 42.5. The Hall–Kier alpha value is -5.66. The van der Waals surface area contributed by atoms with Crippen LogP contribution in [-0.2, 0) is 77.5 Å². The summed E-state index contributed by atoms with van der Waals surface area (Å²) in [4.78, 5) is 114. The van der Waals surface area contributed by atoms with E-state index in [9.17, 15) is 101 Å². The molecule has 14 bridgehead atoms. The predicted molar refractivity (Wildman–Crippen MR) is 476 cm³/mol. The van der Waals surface area contributed by atoms with Crippen LogP contribution in [0.3, 0.4) is 0 Å². The van der Waals surface area contributed by atoms with Gasteiger partial charge in [-0.3, -0.25) is 57.4 Å². The number of Topliss-reactive ketones (excluding diaryl/α,β-unsaturated/α-hetero) is 1. The summed E-state index contributed by atoms with van der Waals surface area (Å²) in [6.07, 6.45) is 11.4. The van der Waals surface area contributed by atoms with Gasteiger partial charge in [0.1, 0.15) is 11.4 Å². The Labute approximate surface area is 759 Å². The Kier molecular flexibility index (Phi) is 37.5.